The van der Waals surface area contributed by atoms with Crippen LogP contribution in [-0.4, -0.2) is 49.6 Å². The Morgan fingerprint density at radius 1 is 1.43 bits per heavy atom. The molecule has 1 amide bonds. The molecule has 0 unspecified atom stereocenters. The van der Waals surface area contributed by atoms with E-state index < -0.39 is 0 Å². The zero-order chi connectivity index (χ0) is 16.0. The summed E-state index contributed by atoms with van der Waals surface area (Å²) in [5.41, 5.74) is 1.72. The Bertz CT molecular complexity index is 720. The van der Waals surface area contributed by atoms with Gasteiger partial charge in [-0.15, -0.1) is 5.10 Å². The van der Waals surface area contributed by atoms with Crippen LogP contribution in [0.3, 0.4) is 0 Å². The number of aromatic nitrogens is 4. The van der Waals surface area contributed by atoms with Crippen LogP contribution in [0.2, 0.25) is 0 Å². The molecule has 1 fully saturated rings. The highest BCUT2D eigenvalue weighted by Gasteiger charge is 2.38. The molecule has 7 heteroatoms. The highest BCUT2D eigenvalue weighted by molar-refractivity contribution is 5.93. The Morgan fingerprint density at radius 2 is 2.30 bits per heavy atom. The van der Waals surface area contributed by atoms with Gasteiger partial charge < -0.3 is 14.2 Å². The predicted molar refractivity (Wildman–Crippen MR) is 83.0 cm³/mol. The van der Waals surface area contributed by atoms with Crippen molar-refractivity contribution in [1.82, 2.24) is 24.5 Å². The van der Waals surface area contributed by atoms with Crippen molar-refractivity contribution in [3.63, 3.8) is 0 Å². The van der Waals surface area contributed by atoms with Crippen LogP contribution < -0.4 is 0 Å². The summed E-state index contributed by atoms with van der Waals surface area (Å²) in [6, 6.07) is 4.15. The molecule has 0 radical (unpaired) electrons. The number of carbonyl (C=O) groups excluding carboxylic acids is 1. The number of nitrogens with zero attached hydrogens (tertiary/aromatic N) is 5. The number of hydrogen-bond acceptors (Lipinski definition) is 4. The molecule has 2 aromatic heterocycles. The molecule has 7 nitrogen and oxygen atoms in total. The lowest BCUT2D eigenvalue weighted by molar-refractivity contribution is -0.0606. The largest absolute Gasteiger partial charge is 0.370 e. The third-order valence-electron chi connectivity index (χ3n) is 4.77. The lowest BCUT2D eigenvalue weighted by Crippen LogP contribution is -2.50. The van der Waals surface area contributed by atoms with Crippen molar-refractivity contribution in [2.24, 2.45) is 0 Å². The van der Waals surface area contributed by atoms with Crippen LogP contribution in [0, 0.1) is 0 Å². The topological polar surface area (TPSA) is 65.2 Å². The van der Waals surface area contributed by atoms with Gasteiger partial charge in [0.2, 0.25) is 0 Å². The van der Waals surface area contributed by atoms with Gasteiger partial charge in [-0.05, 0) is 32.4 Å². The van der Waals surface area contributed by atoms with E-state index in [0.29, 0.717) is 19.7 Å². The summed E-state index contributed by atoms with van der Waals surface area (Å²) in [4.78, 5) is 14.8. The summed E-state index contributed by atoms with van der Waals surface area (Å²) < 4.78 is 9.85. The molecule has 4 heterocycles. The molecule has 2 atom stereocenters. The Balaban J connectivity index is 1.58. The van der Waals surface area contributed by atoms with Crippen molar-refractivity contribution in [2.45, 2.75) is 45.1 Å². The Labute approximate surface area is 134 Å². The second kappa shape index (κ2) is 5.49. The number of hydrogen-bond donors (Lipinski definition) is 0. The van der Waals surface area contributed by atoms with Crippen molar-refractivity contribution in [3.8, 4) is 0 Å². The molecular weight excluding hydrogens is 294 g/mol. The van der Waals surface area contributed by atoms with Crippen LogP contribution in [0.4, 0.5) is 0 Å². The van der Waals surface area contributed by atoms with Gasteiger partial charge in [-0.2, -0.15) is 0 Å². The van der Waals surface area contributed by atoms with Gasteiger partial charge in [-0.3, -0.25) is 4.79 Å². The normalized spacial score (nSPS) is 23.7. The molecule has 0 spiro atoms. The third-order valence-corrected chi connectivity index (χ3v) is 4.77. The van der Waals surface area contributed by atoms with Crippen molar-refractivity contribution < 1.29 is 9.53 Å². The Kier molecular flexibility index (Phi) is 3.45. The smallest absolute Gasteiger partial charge is 0.270 e. The van der Waals surface area contributed by atoms with Crippen LogP contribution in [0.5, 0.6) is 0 Å². The third kappa shape index (κ3) is 2.35. The van der Waals surface area contributed by atoms with Crippen molar-refractivity contribution in [1.29, 1.82) is 0 Å². The molecule has 1 saturated heterocycles. The quantitative estimate of drug-likeness (QED) is 0.845. The maximum Gasteiger partial charge on any atom is 0.270 e. The number of fused-ring (bicyclic) bond motifs is 3. The number of carbonyl (C=O) groups is 1. The minimum Gasteiger partial charge on any atom is -0.370 e. The number of ether oxygens (including phenoxy) is 1. The maximum absolute atomic E-state index is 12.9. The number of piperidine rings is 1. The fourth-order valence-electron chi connectivity index (χ4n) is 3.55. The molecule has 0 aliphatic carbocycles. The lowest BCUT2D eigenvalue weighted by Gasteiger charge is -2.41. The van der Waals surface area contributed by atoms with Gasteiger partial charge in [-0.1, -0.05) is 5.21 Å². The van der Waals surface area contributed by atoms with Crippen LogP contribution in [0.25, 0.3) is 0 Å². The standard InChI is InChI=1S/C16H21N5O2/c1-11(2)20-6-3-4-13(20)16(22)19-7-5-15-14(9-19)21-12(10-23-15)8-17-18-21/h3-4,6,8,11,14-15H,5,7,9-10H2,1-2H3/t14-,15+/m0/s1. The van der Waals surface area contributed by atoms with Crippen molar-refractivity contribution in [2.75, 3.05) is 13.1 Å². The van der Waals surface area contributed by atoms with E-state index in [-0.39, 0.29) is 24.1 Å². The Hall–Kier alpha value is -2.15. The van der Waals surface area contributed by atoms with Gasteiger partial charge in [0.15, 0.2) is 0 Å². The fourth-order valence-corrected chi connectivity index (χ4v) is 3.55. The fraction of sp³-hybridized carbons (Fsp3) is 0.562. The first-order valence-corrected chi connectivity index (χ1v) is 8.12. The molecule has 2 aromatic rings. The number of rotatable bonds is 2. The minimum atomic E-state index is 0.0569. The summed E-state index contributed by atoms with van der Waals surface area (Å²) in [5.74, 6) is 0.0781. The number of amides is 1. The summed E-state index contributed by atoms with van der Waals surface area (Å²) in [7, 11) is 0. The second-order valence-corrected chi connectivity index (χ2v) is 6.52. The van der Waals surface area contributed by atoms with Crippen LogP contribution >= 0.6 is 0 Å². The zero-order valence-corrected chi connectivity index (χ0v) is 13.4. The first kappa shape index (κ1) is 14.4. The van der Waals surface area contributed by atoms with Crippen LogP contribution in [0.15, 0.2) is 24.5 Å². The predicted octanol–water partition coefficient (Wildman–Crippen LogP) is 1.65. The summed E-state index contributed by atoms with van der Waals surface area (Å²) >= 11 is 0. The van der Waals surface area contributed by atoms with Gasteiger partial charge in [0.1, 0.15) is 5.69 Å². The van der Waals surface area contributed by atoms with E-state index in [1.54, 1.807) is 6.20 Å². The van der Waals surface area contributed by atoms with Gasteiger partial charge in [0, 0.05) is 25.3 Å². The average molecular weight is 315 g/mol. The monoisotopic (exact) mass is 315 g/mol. The summed E-state index contributed by atoms with van der Waals surface area (Å²) in [6.07, 6.45) is 4.65. The van der Waals surface area contributed by atoms with E-state index >= 15 is 0 Å². The van der Waals surface area contributed by atoms with E-state index in [2.05, 4.69) is 24.2 Å². The molecule has 0 saturated carbocycles. The summed E-state index contributed by atoms with van der Waals surface area (Å²) in [5, 5.41) is 8.16. The van der Waals surface area contributed by atoms with Gasteiger partial charge in [0.05, 0.1) is 30.6 Å². The minimum absolute atomic E-state index is 0.0569. The molecule has 0 aromatic carbocycles. The molecule has 0 N–H and O–H groups in total. The van der Waals surface area contributed by atoms with E-state index in [9.17, 15) is 4.79 Å². The SMILES string of the molecule is CC(C)n1cccc1C(=O)N1CC[C@H]2OCc3cnnn3[C@H]2C1. The molecule has 2 aliphatic rings. The molecular formula is C16H21N5O2. The summed E-state index contributed by atoms with van der Waals surface area (Å²) in [6.45, 7) is 6.05. The van der Waals surface area contributed by atoms with E-state index in [0.717, 1.165) is 17.8 Å². The lowest BCUT2D eigenvalue weighted by atomic mass is 10.00. The van der Waals surface area contributed by atoms with E-state index in [1.165, 1.54) is 0 Å². The van der Waals surface area contributed by atoms with Gasteiger partial charge in [-0.25, -0.2) is 4.68 Å². The highest BCUT2D eigenvalue weighted by atomic mass is 16.5. The Morgan fingerprint density at radius 3 is 3.13 bits per heavy atom. The van der Waals surface area contributed by atoms with E-state index in [4.69, 9.17) is 4.74 Å². The average Bonchev–Trinajstić information content (AvgIpc) is 3.22. The molecule has 23 heavy (non-hydrogen) atoms. The zero-order valence-electron chi connectivity index (χ0n) is 13.4. The van der Waals surface area contributed by atoms with Crippen LogP contribution in [-0.2, 0) is 11.3 Å². The first-order chi connectivity index (χ1) is 11.1. The molecule has 0 bridgehead atoms. The number of likely N-dealkylation sites (tertiary alicyclic amines) is 1. The molecule has 2 aliphatic heterocycles. The maximum atomic E-state index is 12.9. The van der Waals surface area contributed by atoms with Crippen LogP contribution in [0.1, 0.15) is 48.5 Å². The highest BCUT2D eigenvalue weighted by Crippen LogP contribution is 2.30. The second-order valence-electron chi connectivity index (χ2n) is 6.52. The van der Waals surface area contributed by atoms with Gasteiger partial charge in [0.25, 0.3) is 5.91 Å². The molecule has 4 rings (SSSR count). The van der Waals surface area contributed by atoms with E-state index in [1.807, 2.05) is 32.5 Å². The van der Waals surface area contributed by atoms with Crippen molar-refractivity contribution in [3.05, 3.63) is 35.9 Å². The first-order valence-electron chi connectivity index (χ1n) is 8.12. The van der Waals surface area contributed by atoms with Gasteiger partial charge >= 0.3 is 0 Å². The molecule has 122 valence electrons. The van der Waals surface area contributed by atoms with Crippen molar-refractivity contribution >= 4 is 5.91 Å².